The highest BCUT2D eigenvalue weighted by molar-refractivity contribution is 4.95. The molecule has 0 amide bonds. The van der Waals surface area contributed by atoms with Crippen LogP contribution in [-0.2, 0) is 9.47 Å². The molecule has 0 aliphatic carbocycles. The molecule has 0 aromatic rings. The van der Waals surface area contributed by atoms with E-state index in [-0.39, 0.29) is 5.54 Å². The van der Waals surface area contributed by atoms with E-state index in [0.717, 1.165) is 32.8 Å². The van der Waals surface area contributed by atoms with Gasteiger partial charge in [0.15, 0.2) is 0 Å². The molecule has 0 spiro atoms. The first-order valence-electron chi connectivity index (χ1n) is 6.82. The summed E-state index contributed by atoms with van der Waals surface area (Å²) in [5.41, 5.74) is 6.14. The summed E-state index contributed by atoms with van der Waals surface area (Å²) in [6, 6.07) is 0. The molecule has 2 N–H and O–H groups in total. The van der Waals surface area contributed by atoms with Crippen molar-refractivity contribution in [2.24, 2.45) is 11.7 Å². The highest BCUT2D eigenvalue weighted by atomic mass is 16.5. The summed E-state index contributed by atoms with van der Waals surface area (Å²) in [5.74, 6) is 0.666. The number of likely N-dealkylation sites (tertiary alicyclic amines) is 1. The van der Waals surface area contributed by atoms with Gasteiger partial charge >= 0.3 is 0 Å². The van der Waals surface area contributed by atoms with Gasteiger partial charge in [-0.2, -0.15) is 0 Å². The normalized spacial score (nSPS) is 36.0. The van der Waals surface area contributed by atoms with Crippen molar-refractivity contribution < 1.29 is 9.47 Å². The Balaban J connectivity index is 1.98. The standard InChI is InChI=1S/C13H26N2O2/c1-16-9-12-4-2-6-15(8-12)13(10-14)5-3-7-17-11-13/h12H,2-11,14H2,1H3. The largest absolute Gasteiger partial charge is 0.384 e. The fraction of sp³-hybridized carbons (Fsp3) is 1.00. The van der Waals surface area contributed by atoms with Gasteiger partial charge in [0, 0.05) is 26.8 Å². The summed E-state index contributed by atoms with van der Waals surface area (Å²) in [5, 5.41) is 0. The Bertz CT molecular complexity index is 227. The molecular weight excluding hydrogens is 216 g/mol. The quantitative estimate of drug-likeness (QED) is 0.794. The van der Waals surface area contributed by atoms with Gasteiger partial charge in [-0.3, -0.25) is 4.90 Å². The summed E-state index contributed by atoms with van der Waals surface area (Å²) in [6.07, 6.45) is 4.87. The zero-order valence-corrected chi connectivity index (χ0v) is 11.0. The third-order valence-corrected chi connectivity index (χ3v) is 4.27. The highest BCUT2D eigenvalue weighted by Gasteiger charge is 2.39. The van der Waals surface area contributed by atoms with E-state index in [2.05, 4.69) is 4.90 Å². The van der Waals surface area contributed by atoms with E-state index in [1.807, 2.05) is 0 Å². The van der Waals surface area contributed by atoms with E-state index in [9.17, 15) is 0 Å². The van der Waals surface area contributed by atoms with Crippen LogP contribution in [0.15, 0.2) is 0 Å². The van der Waals surface area contributed by atoms with E-state index in [4.69, 9.17) is 15.2 Å². The molecule has 100 valence electrons. The van der Waals surface area contributed by atoms with Crippen molar-refractivity contribution in [1.82, 2.24) is 4.90 Å². The number of rotatable bonds is 4. The van der Waals surface area contributed by atoms with Crippen molar-refractivity contribution in [3.63, 3.8) is 0 Å². The van der Waals surface area contributed by atoms with Crippen LogP contribution in [0, 0.1) is 5.92 Å². The molecule has 4 heteroatoms. The van der Waals surface area contributed by atoms with Crippen LogP contribution in [0.3, 0.4) is 0 Å². The maximum absolute atomic E-state index is 6.04. The Hall–Kier alpha value is -0.160. The van der Waals surface area contributed by atoms with Crippen LogP contribution in [0.1, 0.15) is 25.7 Å². The van der Waals surface area contributed by atoms with E-state index < -0.39 is 0 Å². The van der Waals surface area contributed by atoms with Crippen molar-refractivity contribution in [3.05, 3.63) is 0 Å². The van der Waals surface area contributed by atoms with E-state index in [1.54, 1.807) is 7.11 Å². The molecule has 0 bridgehead atoms. The van der Waals surface area contributed by atoms with Gasteiger partial charge in [0.25, 0.3) is 0 Å². The number of hydrogen-bond donors (Lipinski definition) is 1. The van der Waals surface area contributed by atoms with Gasteiger partial charge in [0.2, 0.25) is 0 Å². The van der Waals surface area contributed by atoms with Gasteiger partial charge in [-0.15, -0.1) is 0 Å². The first kappa shape index (κ1) is 13.3. The molecule has 0 saturated carbocycles. The number of nitrogens with zero attached hydrogens (tertiary/aromatic N) is 1. The summed E-state index contributed by atoms with van der Waals surface area (Å²) in [4.78, 5) is 2.57. The van der Waals surface area contributed by atoms with Gasteiger partial charge in [-0.05, 0) is 38.1 Å². The third kappa shape index (κ3) is 2.99. The Labute approximate surface area is 104 Å². The summed E-state index contributed by atoms with van der Waals surface area (Å²) < 4.78 is 11.0. The van der Waals surface area contributed by atoms with Crippen molar-refractivity contribution in [1.29, 1.82) is 0 Å². The Morgan fingerprint density at radius 3 is 3.00 bits per heavy atom. The first-order chi connectivity index (χ1) is 8.30. The van der Waals surface area contributed by atoms with E-state index >= 15 is 0 Å². The van der Waals surface area contributed by atoms with Crippen LogP contribution in [0.2, 0.25) is 0 Å². The summed E-state index contributed by atoms with van der Waals surface area (Å²) >= 11 is 0. The zero-order valence-electron chi connectivity index (χ0n) is 11.0. The molecule has 2 unspecified atom stereocenters. The summed E-state index contributed by atoms with van der Waals surface area (Å²) in [7, 11) is 1.79. The lowest BCUT2D eigenvalue weighted by atomic mass is 9.86. The molecule has 0 aromatic carbocycles. The van der Waals surface area contributed by atoms with Crippen molar-refractivity contribution in [2.45, 2.75) is 31.2 Å². The topological polar surface area (TPSA) is 47.7 Å². The minimum atomic E-state index is 0.102. The monoisotopic (exact) mass is 242 g/mol. The predicted molar refractivity (Wildman–Crippen MR) is 68.0 cm³/mol. The van der Waals surface area contributed by atoms with Gasteiger partial charge in [-0.25, -0.2) is 0 Å². The smallest absolute Gasteiger partial charge is 0.0662 e. The van der Waals surface area contributed by atoms with Crippen LogP contribution < -0.4 is 5.73 Å². The average Bonchev–Trinajstić information content (AvgIpc) is 2.40. The maximum atomic E-state index is 6.04. The van der Waals surface area contributed by atoms with Gasteiger partial charge < -0.3 is 15.2 Å². The Kier molecular flexibility index (Phi) is 4.79. The lowest BCUT2D eigenvalue weighted by Gasteiger charge is -2.48. The molecule has 2 rings (SSSR count). The molecule has 4 nitrogen and oxygen atoms in total. The molecule has 17 heavy (non-hydrogen) atoms. The number of methoxy groups -OCH3 is 1. The predicted octanol–water partition coefficient (Wildman–Crippen LogP) is 0.853. The second-order valence-corrected chi connectivity index (χ2v) is 5.49. The lowest BCUT2D eigenvalue weighted by Crippen LogP contribution is -2.61. The number of hydrogen-bond acceptors (Lipinski definition) is 4. The fourth-order valence-electron chi connectivity index (χ4n) is 3.24. The molecule has 2 saturated heterocycles. The van der Waals surface area contributed by atoms with Crippen molar-refractivity contribution in [3.8, 4) is 0 Å². The van der Waals surface area contributed by atoms with Gasteiger partial charge in [0.1, 0.15) is 0 Å². The molecule has 2 aliphatic heterocycles. The van der Waals surface area contributed by atoms with Crippen LogP contribution in [0.5, 0.6) is 0 Å². The van der Waals surface area contributed by atoms with Gasteiger partial charge in [-0.1, -0.05) is 0 Å². The van der Waals surface area contributed by atoms with Crippen molar-refractivity contribution in [2.75, 3.05) is 46.6 Å². The molecule has 2 heterocycles. The minimum absolute atomic E-state index is 0.102. The Morgan fingerprint density at radius 1 is 1.47 bits per heavy atom. The second-order valence-electron chi connectivity index (χ2n) is 5.49. The van der Waals surface area contributed by atoms with Crippen LogP contribution >= 0.6 is 0 Å². The SMILES string of the molecule is COCC1CCCN(C2(CN)CCCOC2)C1. The Morgan fingerprint density at radius 2 is 2.35 bits per heavy atom. The fourth-order valence-corrected chi connectivity index (χ4v) is 3.24. The van der Waals surface area contributed by atoms with E-state index in [0.29, 0.717) is 12.5 Å². The van der Waals surface area contributed by atoms with Crippen LogP contribution in [0.4, 0.5) is 0 Å². The number of ether oxygens (including phenoxy) is 2. The van der Waals surface area contributed by atoms with Crippen LogP contribution in [0.25, 0.3) is 0 Å². The van der Waals surface area contributed by atoms with E-state index in [1.165, 1.54) is 25.8 Å². The number of nitrogens with two attached hydrogens (primary N) is 1. The molecule has 2 fully saturated rings. The zero-order chi connectivity index (χ0) is 12.1. The molecule has 0 aromatic heterocycles. The first-order valence-corrected chi connectivity index (χ1v) is 6.82. The molecule has 2 aliphatic rings. The number of piperidine rings is 1. The van der Waals surface area contributed by atoms with Crippen molar-refractivity contribution >= 4 is 0 Å². The average molecular weight is 242 g/mol. The summed E-state index contributed by atoms with van der Waals surface area (Å²) in [6.45, 7) is 5.58. The maximum Gasteiger partial charge on any atom is 0.0662 e. The second kappa shape index (κ2) is 6.14. The lowest BCUT2D eigenvalue weighted by molar-refractivity contribution is -0.0650. The van der Waals surface area contributed by atoms with Gasteiger partial charge in [0.05, 0.1) is 18.8 Å². The van der Waals surface area contributed by atoms with Crippen LogP contribution in [-0.4, -0.2) is 57.0 Å². The molecular formula is C13H26N2O2. The minimum Gasteiger partial charge on any atom is -0.384 e. The third-order valence-electron chi connectivity index (χ3n) is 4.27. The highest BCUT2D eigenvalue weighted by Crippen LogP contribution is 2.30. The molecule has 2 atom stereocenters. The molecule has 0 radical (unpaired) electrons.